The minimum absolute atomic E-state index is 0.00556. The molecule has 0 fully saturated rings. The number of nitrogens with zero attached hydrogens (tertiary/aromatic N) is 2. The van der Waals surface area contributed by atoms with Gasteiger partial charge in [0.2, 0.25) is 10.0 Å². The summed E-state index contributed by atoms with van der Waals surface area (Å²) in [5.41, 5.74) is 0. The highest BCUT2D eigenvalue weighted by Crippen LogP contribution is 2.14. The van der Waals surface area contributed by atoms with Gasteiger partial charge in [-0.1, -0.05) is 0 Å². The fraction of sp³-hybridized carbons (Fsp3) is 0.571. The quantitative estimate of drug-likeness (QED) is 0.771. The summed E-state index contributed by atoms with van der Waals surface area (Å²) in [6.07, 6.45) is -2.25. The Kier molecular flexibility index (Phi) is 4.11. The highest BCUT2D eigenvalue weighted by atomic mass is 32.2. The van der Waals surface area contributed by atoms with E-state index in [9.17, 15) is 21.6 Å². The van der Waals surface area contributed by atoms with Gasteiger partial charge >= 0.3 is 6.18 Å². The molecule has 0 aliphatic rings. The average molecular weight is 273 g/mol. The lowest BCUT2D eigenvalue weighted by Gasteiger charge is -2.07. The van der Waals surface area contributed by atoms with Crippen LogP contribution in [0.25, 0.3) is 0 Å². The van der Waals surface area contributed by atoms with Crippen LogP contribution in [0.2, 0.25) is 0 Å². The van der Waals surface area contributed by atoms with E-state index >= 15 is 0 Å². The zero-order chi connectivity index (χ0) is 13.1. The summed E-state index contributed by atoms with van der Waals surface area (Å²) in [6.45, 7) is -1.58. The van der Waals surface area contributed by atoms with Crippen LogP contribution in [0.3, 0.4) is 0 Å². The van der Waals surface area contributed by atoms with Crippen molar-refractivity contribution in [2.24, 2.45) is 5.14 Å². The topological polar surface area (TPSA) is 87.2 Å². The Balaban J connectivity index is 2.41. The van der Waals surface area contributed by atoms with Crippen molar-refractivity contribution in [1.82, 2.24) is 9.78 Å². The Hall–Kier alpha value is -1.13. The summed E-state index contributed by atoms with van der Waals surface area (Å²) in [6, 6.07) is 0. The maximum Gasteiger partial charge on any atom is 0.411 e. The van der Waals surface area contributed by atoms with E-state index in [1.165, 1.54) is 0 Å². The molecule has 1 heterocycles. The monoisotopic (exact) mass is 273 g/mol. The number of halogens is 3. The first-order chi connectivity index (χ1) is 7.68. The van der Waals surface area contributed by atoms with Crippen molar-refractivity contribution in [2.75, 3.05) is 13.2 Å². The first-order valence-electron chi connectivity index (χ1n) is 4.38. The van der Waals surface area contributed by atoms with E-state index < -0.39 is 22.8 Å². The lowest BCUT2D eigenvalue weighted by molar-refractivity contribution is -0.174. The fourth-order valence-electron chi connectivity index (χ4n) is 0.960. The maximum absolute atomic E-state index is 11.7. The van der Waals surface area contributed by atoms with Gasteiger partial charge in [-0.2, -0.15) is 18.3 Å². The number of hydrogen-bond donors (Lipinski definition) is 1. The van der Waals surface area contributed by atoms with Crippen molar-refractivity contribution in [3.63, 3.8) is 0 Å². The Bertz CT molecular complexity index is 468. The van der Waals surface area contributed by atoms with Gasteiger partial charge in [-0.3, -0.25) is 4.68 Å². The van der Waals surface area contributed by atoms with Gasteiger partial charge in [0, 0.05) is 6.20 Å². The molecule has 0 saturated heterocycles. The summed E-state index contributed by atoms with van der Waals surface area (Å²) < 4.78 is 62.3. The van der Waals surface area contributed by atoms with E-state index in [1.54, 1.807) is 0 Å². The lowest BCUT2D eigenvalue weighted by Crippen LogP contribution is -2.19. The second-order valence-electron chi connectivity index (χ2n) is 3.15. The van der Waals surface area contributed by atoms with Crippen LogP contribution in [-0.2, 0) is 21.3 Å². The molecule has 17 heavy (non-hydrogen) atoms. The first kappa shape index (κ1) is 13.9. The Morgan fingerprint density at radius 1 is 1.47 bits per heavy atom. The number of nitrogens with two attached hydrogens (primary N) is 1. The number of primary sulfonamides is 1. The van der Waals surface area contributed by atoms with E-state index in [1.807, 2.05) is 0 Å². The summed E-state index contributed by atoms with van der Waals surface area (Å²) >= 11 is 0. The van der Waals surface area contributed by atoms with Crippen LogP contribution in [0.1, 0.15) is 0 Å². The Morgan fingerprint density at radius 3 is 2.59 bits per heavy atom. The minimum atomic E-state index is -4.38. The third-order valence-electron chi connectivity index (χ3n) is 1.67. The first-order valence-corrected chi connectivity index (χ1v) is 5.93. The molecule has 1 aromatic rings. The fourth-order valence-corrected chi connectivity index (χ4v) is 1.42. The zero-order valence-electron chi connectivity index (χ0n) is 8.51. The highest BCUT2D eigenvalue weighted by Gasteiger charge is 2.27. The van der Waals surface area contributed by atoms with Crippen molar-refractivity contribution in [3.05, 3.63) is 12.4 Å². The molecule has 0 aliphatic carbocycles. The number of aromatic nitrogens is 2. The number of rotatable bonds is 5. The second-order valence-corrected chi connectivity index (χ2v) is 4.71. The van der Waals surface area contributed by atoms with Crippen molar-refractivity contribution in [1.29, 1.82) is 0 Å². The van der Waals surface area contributed by atoms with Crippen LogP contribution in [0.15, 0.2) is 17.3 Å². The van der Waals surface area contributed by atoms with Crippen molar-refractivity contribution >= 4 is 10.0 Å². The molecule has 0 aliphatic heterocycles. The predicted octanol–water partition coefficient (Wildman–Crippen LogP) is 0.109. The summed E-state index contributed by atoms with van der Waals surface area (Å²) in [4.78, 5) is -0.201. The average Bonchev–Trinajstić information content (AvgIpc) is 2.58. The van der Waals surface area contributed by atoms with Gasteiger partial charge < -0.3 is 4.74 Å². The Morgan fingerprint density at radius 2 is 2.12 bits per heavy atom. The second kappa shape index (κ2) is 5.02. The number of alkyl halides is 3. The van der Waals surface area contributed by atoms with Crippen LogP contribution < -0.4 is 5.14 Å². The predicted molar refractivity (Wildman–Crippen MR) is 50.5 cm³/mol. The molecule has 0 bridgehead atoms. The van der Waals surface area contributed by atoms with Crippen LogP contribution in [-0.4, -0.2) is 37.6 Å². The summed E-state index contributed by atoms with van der Waals surface area (Å²) in [5, 5.41) is 8.43. The highest BCUT2D eigenvalue weighted by molar-refractivity contribution is 7.89. The van der Waals surface area contributed by atoms with E-state index in [4.69, 9.17) is 5.14 Å². The van der Waals surface area contributed by atoms with Crippen LogP contribution in [0, 0.1) is 0 Å². The lowest BCUT2D eigenvalue weighted by atomic mass is 10.6. The van der Waals surface area contributed by atoms with Gasteiger partial charge in [-0.05, 0) is 0 Å². The third kappa shape index (κ3) is 5.15. The molecule has 10 heteroatoms. The van der Waals surface area contributed by atoms with Gasteiger partial charge in [0.25, 0.3) is 0 Å². The smallest absolute Gasteiger partial charge is 0.370 e. The molecule has 2 N–H and O–H groups in total. The van der Waals surface area contributed by atoms with Crippen LogP contribution >= 0.6 is 0 Å². The van der Waals surface area contributed by atoms with Gasteiger partial charge in [0.1, 0.15) is 11.5 Å². The van der Waals surface area contributed by atoms with Gasteiger partial charge in [0.05, 0.1) is 19.3 Å². The summed E-state index contributed by atoms with van der Waals surface area (Å²) in [7, 11) is -3.84. The Labute approximate surface area is 95.2 Å². The normalized spacial score (nSPS) is 12.9. The molecule has 1 rings (SSSR count). The summed E-state index contributed by atoms with van der Waals surface area (Å²) in [5.74, 6) is 0. The van der Waals surface area contributed by atoms with E-state index in [2.05, 4.69) is 9.84 Å². The number of ether oxygens (including phenoxy) is 1. The molecular formula is C7H10F3N3O3S. The molecule has 6 nitrogen and oxygen atoms in total. The van der Waals surface area contributed by atoms with E-state index in [0.29, 0.717) is 0 Å². The zero-order valence-corrected chi connectivity index (χ0v) is 9.33. The van der Waals surface area contributed by atoms with Gasteiger partial charge in [0.15, 0.2) is 0 Å². The third-order valence-corrected chi connectivity index (χ3v) is 2.54. The standard InChI is InChI=1S/C7H10F3N3O3S/c8-7(9,10)5-16-2-1-13-4-6(3-12-13)17(11,14)15/h3-4H,1-2,5H2,(H2,11,14,15). The van der Waals surface area contributed by atoms with Gasteiger partial charge in [-0.15, -0.1) is 0 Å². The molecule has 0 saturated carbocycles. The largest absolute Gasteiger partial charge is 0.411 e. The van der Waals surface area contributed by atoms with Crippen LogP contribution in [0.4, 0.5) is 13.2 Å². The molecule has 0 unspecified atom stereocenters. The van der Waals surface area contributed by atoms with Crippen molar-refractivity contribution in [3.8, 4) is 0 Å². The maximum atomic E-state index is 11.7. The number of sulfonamides is 1. The minimum Gasteiger partial charge on any atom is -0.370 e. The number of hydrogen-bond acceptors (Lipinski definition) is 4. The SMILES string of the molecule is NS(=O)(=O)c1cnn(CCOCC(F)(F)F)c1. The molecule has 98 valence electrons. The molecule has 0 atom stereocenters. The molecule has 1 aromatic heterocycles. The molecular weight excluding hydrogens is 263 g/mol. The molecule has 0 amide bonds. The van der Waals surface area contributed by atoms with Crippen molar-refractivity contribution in [2.45, 2.75) is 17.6 Å². The molecule has 0 spiro atoms. The van der Waals surface area contributed by atoms with E-state index in [0.717, 1.165) is 17.1 Å². The van der Waals surface area contributed by atoms with E-state index in [-0.39, 0.29) is 18.0 Å². The van der Waals surface area contributed by atoms with Crippen LogP contribution in [0.5, 0.6) is 0 Å². The molecule has 0 radical (unpaired) electrons. The molecule has 0 aromatic carbocycles. The van der Waals surface area contributed by atoms with Gasteiger partial charge in [-0.25, -0.2) is 13.6 Å². The van der Waals surface area contributed by atoms with Crippen molar-refractivity contribution < 1.29 is 26.3 Å².